The van der Waals surface area contributed by atoms with E-state index in [0.29, 0.717) is 19.4 Å². The van der Waals surface area contributed by atoms with Crippen molar-refractivity contribution in [2.24, 2.45) is 0 Å². The molecule has 1 aliphatic rings. The molecule has 122 valence electrons. The van der Waals surface area contributed by atoms with Crippen LogP contribution in [0.25, 0.3) is 0 Å². The Morgan fingerprint density at radius 3 is 2.24 bits per heavy atom. The minimum absolute atomic E-state index is 0.276. The number of nitrogens with one attached hydrogen (secondary N) is 2. The lowest BCUT2D eigenvalue weighted by Crippen LogP contribution is -2.57. The number of likely N-dealkylation sites (tertiary alicyclic amines) is 1. The van der Waals surface area contributed by atoms with Crippen LogP contribution in [0.2, 0.25) is 0 Å². The van der Waals surface area contributed by atoms with Crippen molar-refractivity contribution in [3.8, 4) is 0 Å². The van der Waals surface area contributed by atoms with E-state index in [9.17, 15) is 14.7 Å². The lowest BCUT2D eigenvalue weighted by Gasteiger charge is -2.33. The van der Waals surface area contributed by atoms with Crippen LogP contribution in [0.5, 0.6) is 0 Å². The summed E-state index contributed by atoms with van der Waals surface area (Å²) in [7, 11) is 0. The first-order valence-electron chi connectivity index (χ1n) is 7.98. The highest BCUT2D eigenvalue weighted by molar-refractivity contribution is 5.86. The van der Waals surface area contributed by atoms with Crippen molar-refractivity contribution in [3.63, 3.8) is 0 Å². The summed E-state index contributed by atoms with van der Waals surface area (Å²) in [5.41, 5.74) is -1.17. The number of amides is 2. The molecule has 0 bridgehead atoms. The monoisotopic (exact) mass is 299 g/mol. The largest absolute Gasteiger partial charge is 0.480 e. The molecule has 1 saturated heterocycles. The highest BCUT2D eigenvalue weighted by Gasteiger charge is 2.36. The van der Waals surface area contributed by atoms with E-state index in [-0.39, 0.29) is 6.04 Å². The van der Waals surface area contributed by atoms with Crippen molar-refractivity contribution >= 4 is 12.0 Å². The Morgan fingerprint density at radius 1 is 1.19 bits per heavy atom. The molecule has 0 aromatic heterocycles. The van der Waals surface area contributed by atoms with Gasteiger partial charge in [-0.1, -0.05) is 20.3 Å². The molecule has 6 heteroatoms. The maximum absolute atomic E-state index is 12.0. The number of hydrogen-bond acceptors (Lipinski definition) is 3. The second kappa shape index (κ2) is 8.22. The van der Waals surface area contributed by atoms with Crippen LogP contribution in [0.4, 0.5) is 4.79 Å². The van der Waals surface area contributed by atoms with E-state index in [1.54, 1.807) is 13.8 Å². The Balaban J connectivity index is 2.43. The molecule has 0 aromatic rings. The summed E-state index contributed by atoms with van der Waals surface area (Å²) in [4.78, 5) is 25.7. The number of piperidine rings is 1. The molecule has 3 N–H and O–H groups in total. The van der Waals surface area contributed by atoms with E-state index in [0.717, 1.165) is 13.1 Å². The van der Waals surface area contributed by atoms with E-state index in [4.69, 9.17) is 0 Å². The van der Waals surface area contributed by atoms with Gasteiger partial charge in [0.2, 0.25) is 0 Å². The molecule has 0 saturated carbocycles. The van der Waals surface area contributed by atoms with Crippen LogP contribution in [0.15, 0.2) is 0 Å². The third-order valence-electron chi connectivity index (χ3n) is 4.54. The number of carbonyl (C=O) groups excluding carboxylic acids is 1. The standard InChI is InChI=1S/C15H29N3O3/c1-4-15(5-2,13(19)20)17-14(21)16-11-12(3)18-9-7-6-8-10-18/h12H,4-11H2,1-3H3,(H,19,20)(H2,16,17,21). The van der Waals surface area contributed by atoms with Gasteiger partial charge in [-0.3, -0.25) is 4.90 Å². The maximum atomic E-state index is 12.0. The van der Waals surface area contributed by atoms with Crippen LogP contribution in [0, 0.1) is 0 Å². The number of aliphatic carboxylic acids is 1. The maximum Gasteiger partial charge on any atom is 0.329 e. The molecular weight excluding hydrogens is 270 g/mol. The van der Waals surface area contributed by atoms with Gasteiger partial charge >= 0.3 is 12.0 Å². The highest BCUT2D eigenvalue weighted by Crippen LogP contribution is 2.15. The second-order valence-corrected chi connectivity index (χ2v) is 5.88. The number of carbonyl (C=O) groups is 2. The fraction of sp³-hybridized carbons (Fsp3) is 0.867. The molecule has 1 unspecified atom stereocenters. The van der Waals surface area contributed by atoms with Gasteiger partial charge in [0.05, 0.1) is 0 Å². The molecule has 0 aromatic carbocycles. The summed E-state index contributed by atoms with van der Waals surface area (Å²) in [5, 5.41) is 14.7. The first-order valence-corrected chi connectivity index (χ1v) is 7.98. The zero-order chi connectivity index (χ0) is 15.9. The van der Waals surface area contributed by atoms with Gasteiger partial charge in [-0.25, -0.2) is 9.59 Å². The first-order chi connectivity index (χ1) is 9.95. The van der Waals surface area contributed by atoms with E-state index in [1.165, 1.54) is 19.3 Å². The van der Waals surface area contributed by atoms with Crippen LogP contribution >= 0.6 is 0 Å². The summed E-state index contributed by atoms with van der Waals surface area (Å²) in [6.45, 7) is 8.33. The fourth-order valence-corrected chi connectivity index (χ4v) is 2.77. The number of nitrogens with zero attached hydrogens (tertiary/aromatic N) is 1. The fourth-order valence-electron chi connectivity index (χ4n) is 2.77. The summed E-state index contributed by atoms with van der Waals surface area (Å²) < 4.78 is 0. The van der Waals surface area contributed by atoms with Gasteiger partial charge in [-0.05, 0) is 45.7 Å². The molecule has 0 radical (unpaired) electrons. The van der Waals surface area contributed by atoms with E-state index in [2.05, 4.69) is 22.5 Å². The van der Waals surface area contributed by atoms with Gasteiger partial charge in [0.15, 0.2) is 0 Å². The normalized spacial score (nSPS) is 18.0. The summed E-state index contributed by atoms with van der Waals surface area (Å²) in [6, 6.07) is -0.122. The average Bonchev–Trinajstić information content (AvgIpc) is 2.50. The quantitative estimate of drug-likeness (QED) is 0.669. The van der Waals surface area contributed by atoms with Crippen LogP contribution in [-0.2, 0) is 4.79 Å². The van der Waals surface area contributed by atoms with Gasteiger partial charge < -0.3 is 15.7 Å². The molecule has 0 spiro atoms. The summed E-state index contributed by atoms with van der Waals surface area (Å²) in [6.07, 6.45) is 4.45. The van der Waals surface area contributed by atoms with Gasteiger partial charge in [0, 0.05) is 12.6 Å². The number of carboxylic acids is 1. The predicted octanol–water partition coefficient (Wildman–Crippen LogP) is 1.80. The van der Waals surface area contributed by atoms with Gasteiger partial charge in [0.1, 0.15) is 5.54 Å². The Bertz CT molecular complexity index is 350. The SMILES string of the molecule is CCC(CC)(NC(=O)NCC(C)N1CCCCC1)C(=O)O. The minimum Gasteiger partial charge on any atom is -0.480 e. The Kier molecular flexibility index (Phi) is 6.95. The van der Waals surface area contributed by atoms with Crippen molar-refractivity contribution in [1.82, 2.24) is 15.5 Å². The van der Waals surface area contributed by atoms with Gasteiger partial charge in [-0.2, -0.15) is 0 Å². The molecule has 6 nitrogen and oxygen atoms in total. The number of carboxylic acid groups (broad SMARTS) is 1. The van der Waals surface area contributed by atoms with Crippen LogP contribution in [0.3, 0.4) is 0 Å². The van der Waals surface area contributed by atoms with Crippen molar-refractivity contribution in [1.29, 1.82) is 0 Å². The highest BCUT2D eigenvalue weighted by atomic mass is 16.4. The average molecular weight is 299 g/mol. The lowest BCUT2D eigenvalue weighted by atomic mass is 9.93. The first kappa shape index (κ1) is 17.8. The lowest BCUT2D eigenvalue weighted by molar-refractivity contribution is -0.144. The van der Waals surface area contributed by atoms with Crippen molar-refractivity contribution in [3.05, 3.63) is 0 Å². The Morgan fingerprint density at radius 2 is 1.76 bits per heavy atom. The van der Waals surface area contributed by atoms with Crippen molar-refractivity contribution in [2.45, 2.75) is 64.5 Å². The minimum atomic E-state index is -1.17. The van der Waals surface area contributed by atoms with Gasteiger partial charge in [-0.15, -0.1) is 0 Å². The molecule has 21 heavy (non-hydrogen) atoms. The van der Waals surface area contributed by atoms with Crippen LogP contribution in [0.1, 0.15) is 52.9 Å². The molecule has 1 aliphatic heterocycles. The van der Waals surface area contributed by atoms with Gasteiger partial charge in [0.25, 0.3) is 0 Å². The molecule has 2 amide bonds. The topological polar surface area (TPSA) is 81.7 Å². The van der Waals surface area contributed by atoms with Crippen LogP contribution < -0.4 is 10.6 Å². The summed E-state index contributed by atoms with van der Waals surface area (Å²) in [5.74, 6) is -0.980. The molecular formula is C15H29N3O3. The van der Waals surface area contributed by atoms with Crippen molar-refractivity contribution < 1.29 is 14.7 Å². The Labute approximate surface area is 127 Å². The van der Waals surface area contributed by atoms with E-state index in [1.807, 2.05) is 0 Å². The zero-order valence-corrected chi connectivity index (χ0v) is 13.4. The summed E-state index contributed by atoms with van der Waals surface area (Å²) >= 11 is 0. The second-order valence-electron chi connectivity index (χ2n) is 5.88. The van der Waals surface area contributed by atoms with E-state index >= 15 is 0 Å². The number of rotatable bonds is 7. The smallest absolute Gasteiger partial charge is 0.329 e. The van der Waals surface area contributed by atoms with E-state index < -0.39 is 17.5 Å². The third kappa shape index (κ3) is 4.88. The number of urea groups is 1. The van der Waals surface area contributed by atoms with Crippen molar-refractivity contribution in [2.75, 3.05) is 19.6 Å². The molecule has 1 fully saturated rings. The Hall–Kier alpha value is -1.30. The van der Waals surface area contributed by atoms with Crippen LogP contribution in [-0.4, -0.2) is 53.2 Å². The molecule has 1 rings (SSSR count). The third-order valence-corrected chi connectivity index (χ3v) is 4.54. The zero-order valence-electron chi connectivity index (χ0n) is 13.4. The molecule has 1 heterocycles. The predicted molar refractivity (Wildman–Crippen MR) is 82.4 cm³/mol. The number of hydrogen-bond donors (Lipinski definition) is 3. The molecule has 1 atom stereocenters. The molecule has 0 aliphatic carbocycles.